The van der Waals surface area contributed by atoms with Gasteiger partial charge in [-0.2, -0.15) is 10.5 Å². The molecule has 0 saturated heterocycles. The van der Waals surface area contributed by atoms with Gasteiger partial charge in [0.25, 0.3) is 0 Å². The topological polar surface area (TPSA) is 56.8 Å². The van der Waals surface area contributed by atoms with Gasteiger partial charge in [0.2, 0.25) is 0 Å². The fraction of sp³-hybridized carbons (Fsp3) is 0.0435. The lowest BCUT2D eigenvalue weighted by molar-refractivity contribution is 0.305. The van der Waals surface area contributed by atoms with E-state index in [0.29, 0.717) is 34.1 Å². The van der Waals surface area contributed by atoms with Crippen molar-refractivity contribution in [2.75, 3.05) is 0 Å². The van der Waals surface area contributed by atoms with Crippen LogP contribution >= 0.6 is 11.6 Å². The molecular weight excluding hydrogens is 356 g/mol. The van der Waals surface area contributed by atoms with Gasteiger partial charge < -0.3 is 4.74 Å². The summed E-state index contributed by atoms with van der Waals surface area (Å²) in [4.78, 5) is 0. The minimum atomic E-state index is 0.397. The first kappa shape index (κ1) is 18.3. The maximum atomic E-state index is 9.57. The van der Waals surface area contributed by atoms with Crippen LogP contribution in [0.4, 0.5) is 0 Å². The predicted octanol–water partition coefficient (Wildman–Crippen LogP) is 5.85. The molecule has 0 heterocycles. The summed E-state index contributed by atoms with van der Waals surface area (Å²) in [6.45, 7) is 0.397. The highest BCUT2D eigenvalue weighted by Crippen LogP contribution is 2.26. The Morgan fingerprint density at radius 2 is 1.74 bits per heavy atom. The molecule has 0 amide bonds. The first-order chi connectivity index (χ1) is 13.2. The zero-order valence-electron chi connectivity index (χ0n) is 14.4. The maximum Gasteiger partial charge on any atom is 0.127 e. The van der Waals surface area contributed by atoms with Gasteiger partial charge in [0.15, 0.2) is 0 Å². The molecule has 3 nitrogen and oxygen atoms in total. The van der Waals surface area contributed by atoms with E-state index in [9.17, 15) is 5.26 Å². The van der Waals surface area contributed by atoms with E-state index in [0.717, 1.165) is 11.1 Å². The summed E-state index contributed by atoms with van der Waals surface area (Å²) in [6.07, 6.45) is 1.77. The number of nitriles is 2. The molecule has 0 saturated carbocycles. The summed E-state index contributed by atoms with van der Waals surface area (Å²) in [7, 11) is 0. The molecule has 3 aromatic rings. The van der Waals surface area contributed by atoms with Crippen molar-refractivity contribution in [2.45, 2.75) is 6.61 Å². The van der Waals surface area contributed by atoms with Crippen LogP contribution in [0.5, 0.6) is 5.75 Å². The molecule has 27 heavy (non-hydrogen) atoms. The lowest BCUT2D eigenvalue weighted by Crippen LogP contribution is -1.97. The van der Waals surface area contributed by atoms with E-state index in [-0.39, 0.29) is 0 Å². The predicted molar refractivity (Wildman–Crippen MR) is 107 cm³/mol. The summed E-state index contributed by atoms with van der Waals surface area (Å²) in [5.74, 6) is 0.677. The van der Waals surface area contributed by atoms with Crippen LogP contribution in [-0.2, 0) is 6.61 Å². The Labute approximate surface area is 163 Å². The number of hydrogen-bond donors (Lipinski definition) is 0. The smallest absolute Gasteiger partial charge is 0.127 e. The van der Waals surface area contributed by atoms with Crippen LogP contribution in [0.15, 0.2) is 72.8 Å². The lowest BCUT2D eigenvalue weighted by Gasteiger charge is -2.10. The Kier molecular flexibility index (Phi) is 5.90. The molecule has 0 bridgehead atoms. The second-order valence-electron chi connectivity index (χ2n) is 5.82. The van der Waals surface area contributed by atoms with E-state index in [1.54, 1.807) is 24.3 Å². The van der Waals surface area contributed by atoms with E-state index in [4.69, 9.17) is 21.6 Å². The monoisotopic (exact) mass is 370 g/mol. The standard InChI is InChI=1S/C23H15ClN2O/c24-22-10-8-17(9-11-22)16-27-23-7-2-1-5-20(23)13-21(15-26)19-6-3-4-18(12-19)14-25/h1-13H,16H2/b21-13-. The first-order valence-corrected chi connectivity index (χ1v) is 8.66. The average molecular weight is 371 g/mol. The number of hydrogen-bond acceptors (Lipinski definition) is 3. The van der Waals surface area contributed by atoms with Gasteiger partial charge in [0, 0.05) is 10.6 Å². The van der Waals surface area contributed by atoms with Gasteiger partial charge in [0.1, 0.15) is 12.4 Å². The van der Waals surface area contributed by atoms with Gasteiger partial charge in [-0.05, 0) is 47.5 Å². The van der Waals surface area contributed by atoms with Crippen LogP contribution < -0.4 is 4.74 Å². The minimum Gasteiger partial charge on any atom is -0.488 e. The summed E-state index contributed by atoms with van der Waals surface area (Å²) in [6, 6.07) is 26.3. The fourth-order valence-electron chi connectivity index (χ4n) is 2.56. The number of ether oxygens (including phenoxy) is 1. The third-order valence-corrected chi connectivity index (χ3v) is 4.20. The molecule has 0 aliphatic heterocycles. The second-order valence-corrected chi connectivity index (χ2v) is 6.25. The van der Waals surface area contributed by atoms with Crippen LogP contribution in [0, 0.1) is 22.7 Å². The Morgan fingerprint density at radius 3 is 2.48 bits per heavy atom. The molecule has 0 fully saturated rings. The van der Waals surface area contributed by atoms with Crippen molar-refractivity contribution in [3.63, 3.8) is 0 Å². The molecule has 0 spiro atoms. The third-order valence-electron chi connectivity index (χ3n) is 3.95. The third kappa shape index (κ3) is 4.76. The SMILES string of the molecule is N#C/C(=C/c1ccccc1OCc1ccc(Cl)cc1)c1cccc(C#N)c1. The first-order valence-electron chi connectivity index (χ1n) is 8.28. The van der Waals surface area contributed by atoms with Crippen molar-refractivity contribution in [3.05, 3.63) is 100 Å². The molecule has 0 unspecified atom stereocenters. The van der Waals surface area contributed by atoms with Crippen molar-refractivity contribution in [1.82, 2.24) is 0 Å². The number of allylic oxidation sites excluding steroid dienone is 1. The Balaban J connectivity index is 1.87. The molecule has 0 aliphatic rings. The van der Waals surface area contributed by atoms with Crippen LogP contribution in [0.2, 0.25) is 5.02 Å². The quantitative estimate of drug-likeness (QED) is 0.417. The summed E-state index contributed by atoms with van der Waals surface area (Å²) >= 11 is 5.91. The van der Waals surface area contributed by atoms with Crippen molar-refractivity contribution < 1.29 is 4.74 Å². The largest absolute Gasteiger partial charge is 0.488 e. The number of para-hydroxylation sites is 1. The molecule has 130 valence electrons. The van der Waals surface area contributed by atoms with Crippen LogP contribution in [0.3, 0.4) is 0 Å². The molecule has 0 aromatic heterocycles. The van der Waals surface area contributed by atoms with Crippen LogP contribution in [0.1, 0.15) is 22.3 Å². The molecule has 0 radical (unpaired) electrons. The highest BCUT2D eigenvalue weighted by atomic mass is 35.5. The van der Waals surface area contributed by atoms with Gasteiger partial charge in [-0.15, -0.1) is 0 Å². The van der Waals surface area contributed by atoms with E-state index in [1.807, 2.05) is 54.6 Å². The molecule has 3 aromatic carbocycles. The number of rotatable bonds is 5. The summed E-state index contributed by atoms with van der Waals surface area (Å²) in [5.41, 5.74) is 3.48. The maximum absolute atomic E-state index is 9.57. The number of benzene rings is 3. The summed E-state index contributed by atoms with van der Waals surface area (Å²) < 4.78 is 5.94. The number of halogens is 1. The van der Waals surface area contributed by atoms with E-state index < -0.39 is 0 Å². The van der Waals surface area contributed by atoms with Gasteiger partial charge >= 0.3 is 0 Å². The van der Waals surface area contributed by atoms with E-state index >= 15 is 0 Å². The molecule has 0 aliphatic carbocycles. The molecule has 3 rings (SSSR count). The average Bonchev–Trinajstić information content (AvgIpc) is 2.72. The lowest BCUT2D eigenvalue weighted by atomic mass is 10.0. The Bertz CT molecular complexity index is 1060. The Morgan fingerprint density at radius 1 is 0.963 bits per heavy atom. The molecule has 0 N–H and O–H groups in total. The van der Waals surface area contributed by atoms with Gasteiger partial charge in [-0.25, -0.2) is 0 Å². The van der Waals surface area contributed by atoms with Gasteiger partial charge in [0.05, 0.1) is 23.3 Å². The Hall–Kier alpha value is -3.53. The second kappa shape index (κ2) is 8.72. The van der Waals surface area contributed by atoms with Crippen LogP contribution in [0.25, 0.3) is 11.6 Å². The number of nitrogens with zero attached hydrogens (tertiary/aromatic N) is 2. The zero-order chi connectivity index (χ0) is 19.1. The normalized spacial score (nSPS) is 10.7. The van der Waals surface area contributed by atoms with Crippen LogP contribution in [-0.4, -0.2) is 0 Å². The molecular formula is C23H15ClN2O. The fourth-order valence-corrected chi connectivity index (χ4v) is 2.69. The van der Waals surface area contributed by atoms with Crippen molar-refractivity contribution >= 4 is 23.3 Å². The van der Waals surface area contributed by atoms with E-state index in [2.05, 4.69) is 12.1 Å². The zero-order valence-corrected chi connectivity index (χ0v) is 15.1. The van der Waals surface area contributed by atoms with Crippen molar-refractivity contribution in [1.29, 1.82) is 10.5 Å². The minimum absolute atomic E-state index is 0.397. The molecule has 0 atom stereocenters. The summed E-state index contributed by atoms with van der Waals surface area (Å²) in [5, 5.41) is 19.3. The van der Waals surface area contributed by atoms with Gasteiger partial charge in [-0.1, -0.05) is 54.1 Å². The van der Waals surface area contributed by atoms with Crippen molar-refractivity contribution in [2.24, 2.45) is 0 Å². The molecule has 4 heteroatoms. The van der Waals surface area contributed by atoms with Gasteiger partial charge in [-0.3, -0.25) is 0 Å². The van der Waals surface area contributed by atoms with E-state index in [1.165, 1.54) is 0 Å². The highest BCUT2D eigenvalue weighted by molar-refractivity contribution is 6.30. The highest BCUT2D eigenvalue weighted by Gasteiger charge is 2.06. The van der Waals surface area contributed by atoms with Crippen molar-refractivity contribution in [3.8, 4) is 17.9 Å².